The SMILES string of the molecule is COc1cccc(COCc2ccc(CN)s2)c1. The molecule has 0 amide bonds. The van der Waals surface area contributed by atoms with Crippen molar-refractivity contribution in [1.82, 2.24) is 0 Å². The van der Waals surface area contributed by atoms with Crippen LogP contribution in [-0.4, -0.2) is 7.11 Å². The van der Waals surface area contributed by atoms with Gasteiger partial charge in [-0.05, 0) is 29.8 Å². The van der Waals surface area contributed by atoms with Crippen LogP contribution in [0.1, 0.15) is 15.3 Å². The van der Waals surface area contributed by atoms with Crippen LogP contribution in [0.4, 0.5) is 0 Å². The number of ether oxygens (including phenoxy) is 2. The van der Waals surface area contributed by atoms with E-state index in [-0.39, 0.29) is 0 Å². The van der Waals surface area contributed by atoms with Crippen molar-refractivity contribution >= 4 is 11.3 Å². The quantitative estimate of drug-likeness (QED) is 0.871. The third-order valence-electron chi connectivity index (χ3n) is 2.57. The summed E-state index contributed by atoms with van der Waals surface area (Å²) in [5, 5.41) is 0. The first-order valence-corrected chi connectivity index (χ1v) is 6.62. The van der Waals surface area contributed by atoms with Crippen molar-refractivity contribution in [2.75, 3.05) is 7.11 Å². The van der Waals surface area contributed by atoms with Gasteiger partial charge in [-0.25, -0.2) is 0 Å². The normalized spacial score (nSPS) is 10.6. The Kier molecular flexibility index (Phi) is 4.75. The fourth-order valence-electron chi connectivity index (χ4n) is 1.64. The third-order valence-corrected chi connectivity index (χ3v) is 3.65. The molecule has 0 atom stereocenters. The lowest BCUT2D eigenvalue weighted by Crippen LogP contribution is -1.93. The van der Waals surface area contributed by atoms with Crippen molar-refractivity contribution in [3.8, 4) is 5.75 Å². The van der Waals surface area contributed by atoms with Gasteiger partial charge in [0.15, 0.2) is 0 Å². The van der Waals surface area contributed by atoms with Gasteiger partial charge in [0.05, 0.1) is 20.3 Å². The molecule has 0 saturated carbocycles. The van der Waals surface area contributed by atoms with Crippen LogP contribution in [-0.2, 0) is 24.5 Å². The van der Waals surface area contributed by atoms with E-state index in [9.17, 15) is 0 Å². The smallest absolute Gasteiger partial charge is 0.119 e. The van der Waals surface area contributed by atoms with Crippen molar-refractivity contribution in [3.63, 3.8) is 0 Å². The average Bonchev–Trinajstić information content (AvgIpc) is 2.87. The molecule has 3 nitrogen and oxygen atoms in total. The van der Waals surface area contributed by atoms with Gasteiger partial charge in [-0.15, -0.1) is 11.3 Å². The van der Waals surface area contributed by atoms with Crippen LogP contribution >= 0.6 is 11.3 Å². The molecule has 2 aromatic rings. The van der Waals surface area contributed by atoms with Gasteiger partial charge in [0.1, 0.15) is 5.75 Å². The molecule has 4 heteroatoms. The number of thiophene rings is 1. The lowest BCUT2D eigenvalue weighted by Gasteiger charge is -2.05. The zero-order valence-electron chi connectivity index (χ0n) is 10.4. The van der Waals surface area contributed by atoms with Gasteiger partial charge in [0.2, 0.25) is 0 Å². The second kappa shape index (κ2) is 6.54. The van der Waals surface area contributed by atoms with E-state index >= 15 is 0 Å². The lowest BCUT2D eigenvalue weighted by molar-refractivity contribution is 0.109. The fraction of sp³-hybridized carbons (Fsp3) is 0.286. The Bertz CT molecular complexity index is 496. The van der Waals surface area contributed by atoms with E-state index in [1.807, 2.05) is 24.3 Å². The molecule has 0 aliphatic heterocycles. The first kappa shape index (κ1) is 13.1. The van der Waals surface area contributed by atoms with Crippen molar-refractivity contribution < 1.29 is 9.47 Å². The Balaban J connectivity index is 1.84. The highest BCUT2D eigenvalue weighted by Gasteiger charge is 2.00. The summed E-state index contributed by atoms with van der Waals surface area (Å²) in [6.07, 6.45) is 0. The van der Waals surface area contributed by atoms with Gasteiger partial charge < -0.3 is 15.2 Å². The van der Waals surface area contributed by atoms with E-state index in [1.165, 1.54) is 9.75 Å². The minimum atomic E-state index is 0.590. The van der Waals surface area contributed by atoms with Gasteiger partial charge in [0, 0.05) is 16.3 Å². The molecule has 0 unspecified atom stereocenters. The van der Waals surface area contributed by atoms with Crippen LogP contribution in [0, 0.1) is 0 Å². The largest absolute Gasteiger partial charge is 0.497 e. The standard InChI is InChI=1S/C14H17NO2S/c1-16-12-4-2-3-11(7-12)9-17-10-14-6-5-13(8-15)18-14/h2-7H,8-10,15H2,1H3. The second-order valence-corrected chi connectivity index (χ2v) is 5.17. The number of hydrogen-bond acceptors (Lipinski definition) is 4. The van der Waals surface area contributed by atoms with Crippen LogP contribution in [0.5, 0.6) is 5.75 Å². The molecule has 0 aliphatic carbocycles. The number of rotatable bonds is 6. The zero-order valence-corrected chi connectivity index (χ0v) is 11.2. The Labute approximate surface area is 111 Å². The Morgan fingerprint density at radius 2 is 1.94 bits per heavy atom. The molecule has 1 aromatic carbocycles. The molecule has 2 N–H and O–H groups in total. The lowest BCUT2D eigenvalue weighted by atomic mass is 10.2. The molecule has 18 heavy (non-hydrogen) atoms. The molecule has 0 radical (unpaired) electrons. The molecular formula is C14H17NO2S. The summed E-state index contributed by atoms with van der Waals surface area (Å²) in [6, 6.07) is 12.0. The summed E-state index contributed by atoms with van der Waals surface area (Å²) in [5.74, 6) is 0.859. The van der Waals surface area contributed by atoms with Gasteiger partial charge in [-0.1, -0.05) is 12.1 Å². The molecular weight excluding hydrogens is 246 g/mol. The van der Waals surface area contributed by atoms with Crippen molar-refractivity contribution in [1.29, 1.82) is 0 Å². The van der Waals surface area contributed by atoms with Gasteiger partial charge >= 0.3 is 0 Å². The zero-order chi connectivity index (χ0) is 12.8. The van der Waals surface area contributed by atoms with Gasteiger partial charge in [0.25, 0.3) is 0 Å². The fourth-order valence-corrected chi connectivity index (χ4v) is 2.48. The predicted octanol–water partition coefficient (Wildman–Crippen LogP) is 2.93. The highest BCUT2D eigenvalue weighted by molar-refractivity contribution is 7.11. The Morgan fingerprint density at radius 3 is 2.67 bits per heavy atom. The minimum absolute atomic E-state index is 0.590. The Hall–Kier alpha value is -1.36. The van der Waals surface area contributed by atoms with Gasteiger partial charge in [-0.3, -0.25) is 0 Å². The average molecular weight is 263 g/mol. The van der Waals surface area contributed by atoms with Crippen LogP contribution in [0.2, 0.25) is 0 Å². The van der Waals surface area contributed by atoms with E-state index in [1.54, 1.807) is 18.4 Å². The Morgan fingerprint density at radius 1 is 1.11 bits per heavy atom. The highest BCUT2D eigenvalue weighted by Crippen LogP contribution is 2.18. The third kappa shape index (κ3) is 3.57. The first-order chi connectivity index (χ1) is 8.81. The molecule has 0 aliphatic rings. The maximum Gasteiger partial charge on any atom is 0.119 e. The summed E-state index contributed by atoms with van der Waals surface area (Å²) in [6.45, 7) is 1.81. The van der Waals surface area contributed by atoms with E-state index in [0.29, 0.717) is 19.8 Å². The summed E-state index contributed by atoms with van der Waals surface area (Å²) >= 11 is 1.70. The predicted molar refractivity (Wildman–Crippen MR) is 73.7 cm³/mol. The summed E-state index contributed by atoms with van der Waals surface area (Å²) in [4.78, 5) is 2.40. The van der Waals surface area contributed by atoms with Crippen LogP contribution < -0.4 is 10.5 Å². The first-order valence-electron chi connectivity index (χ1n) is 5.80. The summed E-state index contributed by atoms with van der Waals surface area (Å²) in [7, 11) is 1.67. The minimum Gasteiger partial charge on any atom is -0.497 e. The number of hydrogen-bond donors (Lipinski definition) is 1. The van der Waals surface area contributed by atoms with Crippen molar-refractivity contribution in [3.05, 3.63) is 51.7 Å². The molecule has 0 saturated heterocycles. The van der Waals surface area contributed by atoms with Crippen LogP contribution in [0.3, 0.4) is 0 Å². The topological polar surface area (TPSA) is 44.5 Å². The van der Waals surface area contributed by atoms with Gasteiger partial charge in [-0.2, -0.15) is 0 Å². The monoisotopic (exact) mass is 263 g/mol. The molecule has 0 bridgehead atoms. The molecule has 2 rings (SSSR count). The molecule has 0 fully saturated rings. The summed E-state index contributed by atoms with van der Waals surface area (Å²) in [5.41, 5.74) is 6.69. The number of methoxy groups -OCH3 is 1. The molecule has 96 valence electrons. The number of benzene rings is 1. The van der Waals surface area contributed by atoms with E-state index in [0.717, 1.165) is 11.3 Å². The van der Waals surface area contributed by atoms with Crippen LogP contribution in [0.25, 0.3) is 0 Å². The summed E-state index contributed by atoms with van der Waals surface area (Å²) < 4.78 is 10.8. The maximum atomic E-state index is 5.68. The second-order valence-electron chi connectivity index (χ2n) is 3.92. The van der Waals surface area contributed by atoms with E-state index in [4.69, 9.17) is 15.2 Å². The molecule has 0 spiro atoms. The number of nitrogens with two attached hydrogens (primary N) is 1. The van der Waals surface area contributed by atoms with E-state index < -0.39 is 0 Å². The van der Waals surface area contributed by atoms with Crippen molar-refractivity contribution in [2.45, 2.75) is 19.8 Å². The molecule has 1 heterocycles. The van der Waals surface area contributed by atoms with Crippen molar-refractivity contribution in [2.24, 2.45) is 5.73 Å². The van der Waals surface area contributed by atoms with E-state index in [2.05, 4.69) is 12.1 Å². The maximum absolute atomic E-state index is 5.68. The van der Waals surface area contributed by atoms with Crippen LogP contribution in [0.15, 0.2) is 36.4 Å². The highest BCUT2D eigenvalue weighted by atomic mass is 32.1. The molecule has 1 aromatic heterocycles.